The lowest BCUT2D eigenvalue weighted by Crippen LogP contribution is -2.44. The van der Waals surface area contributed by atoms with Crippen LogP contribution in [-0.2, 0) is 9.47 Å². The Morgan fingerprint density at radius 3 is 2.44 bits per heavy atom. The molecule has 96 valence electrons. The van der Waals surface area contributed by atoms with Crippen molar-refractivity contribution in [2.75, 3.05) is 19.9 Å². The average Bonchev–Trinajstić information content (AvgIpc) is 2.32. The molecule has 0 aliphatic heterocycles. The minimum atomic E-state index is -0.0978. The van der Waals surface area contributed by atoms with Crippen LogP contribution in [-0.4, -0.2) is 25.5 Å². The van der Waals surface area contributed by atoms with Crippen molar-refractivity contribution in [3.05, 3.63) is 0 Å². The molecule has 3 nitrogen and oxygen atoms in total. The zero-order chi connectivity index (χ0) is 11.9. The molecule has 0 radical (unpaired) electrons. The van der Waals surface area contributed by atoms with Crippen molar-refractivity contribution < 1.29 is 9.47 Å². The SMILES string of the molecule is CCCC1CCC(CN)(OCOCC)CC1. The van der Waals surface area contributed by atoms with Crippen LogP contribution in [0, 0.1) is 5.92 Å². The quantitative estimate of drug-likeness (QED) is 0.539. The van der Waals surface area contributed by atoms with Crippen molar-refractivity contribution in [3.8, 4) is 0 Å². The fourth-order valence-corrected chi connectivity index (χ4v) is 2.56. The van der Waals surface area contributed by atoms with Crippen molar-refractivity contribution >= 4 is 0 Å². The minimum Gasteiger partial charge on any atom is -0.356 e. The molecule has 0 atom stereocenters. The van der Waals surface area contributed by atoms with Gasteiger partial charge in [0.25, 0.3) is 0 Å². The Morgan fingerprint density at radius 2 is 1.94 bits per heavy atom. The molecule has 0 spiro atoms. The van der Waals surface area contributed by atoms with E-state index in [4.69, 9.17) is 15.2 Å². The summed E-state index contributed by atoms with van der Waals surface area (Å²) in [6.07, 6.45) is 7.36. The third-order valence-electron chi connectivity index (χ3n) is 3.74. The highest BCUT2D eigenvalue weighted by atomic mass is 16.7. The van der Waals surface area contributed by atoms with E-state index in [1.807, 2.05) is 6.92 Å². The van der Waals surface area contributed by atoms with Gasteiger partial charge in [0.15, 0.2) is 0 Å². The molecule has 0 aromatic heterocycles. The number of hydrogen-bond acceptors (Lipinski definition) is 3. The molecule has 1 rings (SSSR count). The molecule has 0 saturated heterocycles. The summed E-state index contributed by atoms with van der Waals surface area (Å²) in [6.45, 7) is 5.97. The molecule has 1 aliphatic carbocycles. The van der Waals surface area contributed by atoms with Crippen LogP contribution in [0.25, 0.3) is 0 Å². The summed E-state index contributed by atoms with van der Waals surface area (Å²) in [7, 11) is 0. The predicted octanol–water partition coefficient (Wildman–Crippen LogP) is 2.68. The van der Waals surface area contributed by atoms with E-state index in [2.05, 4.69) is 6.92 Å². The second-order valence-electron chi connectivity index (χ2n) is 4.87. The van der Waals surface area contributed by atoms with Gasteiger partial charge in [-0.3, -0.25) is 0 Å². The van der Waals surface area contributed by atoms with Gasteiger partial charge in [0, 0.05) is 13.2 Å². The van der Waals surface area contributed by atoms with Gasteiger partial charge in [0.05, 0.1) is 5.60 Å². The van der Waals surface area contributed by atoms with Crippen LogP contribution >= 0.6 is 0 Å². The molecular formula is C13H27NO2. The van der Waals surface area contributed by atoms with E-state index in [1.54, 1.807) is 0 Å². The largest absolute Gasteiger partial charge is 0.356 e. The van der Waals surface area contributed by atoms with Crippen LogP contribution in [0.5, 0.6) is 0 Å². The van der Waals surface area contributed by atoms with Crippen molar-refractivity contribution in [2.24, 2.45) is 11.7 Å². The maximum Gasteiger partial charge on any atom is 0.147 e. The van der Waals surface area contributed by atoms with Crippen LogP contribution in [0.2, 0.25) is 0 Å². The third-order valence-corrected chi connectivity index (χ3v) is 3.74. The lowest BCUT2D eigenvalue weighted by Gasteiger charge is -2.39. The van der Waals surface area contributed by atoms with E-state index < -0.39 is 0 Å². The van der Waals surface area contributed by atoms with E-state index in [9.17, 15) is 0 Å². The highest BCUT2D eigenvalue weighted by Crippen LogP contribution is 2.36. The Kier molecular flexibility index (Phi) is 6.32. The van der Waals surface area contributed by atoms with Crippen molar-refractivity contribution in [3.63, 3.8) is 0 Å². The topological polar surface area (TPSA) is 44.5 Å². The minimum absolute atomic E-state index is 0.0978. The average molecular weight is 229 g/mol. The van der Waals surface area contributed by atoms with E-state index in [-0.39, 0.29) is 5.60 Å². The Balaban J connectivity index is 2.32. The van der Waals surface area contributed by atoms with E-state index in [0.717, 1.165) is 18.8 Å². The van der Waals surface area contributed by atoms with Gasteiger partial charge in [-0.25, -0.2) is 0 Å². The fraction of sp³-hybridized carbons (Fsp3) is 1.00. The summed E-state index contributed by atoms with van der Waals surface area (Å²) < 4.78 is 11.1. The molecule has 0 aromatic carbocycles. The van der Waals surface area contributed by atoms with Gasteiger partial charge < -0.3 is 15.2 Å². The number of ether oxygens (including phenoxy) is 2. The molecule has 0 amide bonds. The molecule has 0 bridgehead atoms. The first-order valence-electron chi connectivity index (χ1n) is 6.68. The maximum absolute atomic E-state index is 5.86. The Hall–Kier alpha value is -0.120. The Bertz CT molecular complexity index is 177. The smallest absolute Gasteiger partial charge is 0.147 e. The van der Waals surface area contributed by atoms with Crippen LogP contribution < -0.4 is 5.73 Å². The lowest BCUT2D eigenvalue weighted by atomic mass is 9.77. The van der Waals surface area contributed by atoms with Gasteiger partial charge in [-0.1, -0.05) is 19.8 Å². The van der Waals surface area contributed by atoms with Gasteiger partial charge in [-0.05, 0) is 38.5 Å². The van der Waals surface area contributed by atoms with Gasteiger partial charge >= 0.3 is 0 Å². The molecular weight excluding hydrogens is 202 g/mol. The summed E-state index contributed by atoms with van der Waals surface area (Å²) in [6, 6.07) is 0. The summed E-state index contributed by atoms with van der Waals surface area (Å²) in [5.41, 5.74) is 5.76. The van der Waals surface area contributed by atoms with Crippen molar-refractivity contribution in [1.29, 1.82) is 0 Å². The first kappa shape index (κ1) is 13.9. The number of hydrogen-bond donors (Lipinski definition) is 1. The molecule has 0 aromatic rings. The monoisotopic (exact) mass is 229 g/mol. The second kappa shape index (κ2) is 7.25. The van der Waals surface area contributed by atoms with Gasteiger partial charge in [-0.15, -0.1) is 0 Å². The van der Waals surface area contributed by atoms with E-state index in [0.29, 0.717) is 19.9 Å². The lowest BCUT2D eigenvalue weighted by molar-refractivity contribution is -0.153. The molecule has 16 heavy (non-hydrogen) atoms. The van der Waals surface area contributed by atoms with Gasteiger partial charge in [-0.2, -0.15) is 0 Å². The van der Waals surface area contributed by atoms with Crippen LogP contribution in [0.4, 0.5) is 0 Å². The van der Waals surface area contributed by atoms with Gasteiger partial charge in [0.2, 0.25) is 0 Å². The van der Waals surface area contributed by atoms with Crippen molar-refractivity contribution in [1.82, 2.24) is 0 Å². The summed E-state index contributed by atoms with van der Waals surface area (Å²) in [5.74, 6) is 0.889. The zero-order valence-electron chi connectivity index (χ0n) is 10.8. The molecule has 0 unspecified atom stereocenters. The molecule has 1 fully saturated rings. The number of rotatable bonds is 7. The predicted molar refractivity (Wildman–Crippen MR) is 66.2 cm³/mol. The zero-order valence-corrected chi connectivity index (χ0v) is 10.8. The summed E-state index contributed by atoms with van der Waals surface area (Å²) in [5, 5.41) is 0. The first-order valence-corrected chi connectivity index (χ1v) is 6.68. The van der Waals surface area contributed by atoms with Crippen LogP contribution in [0.1, 0.15) is 52.4 Å². The van der Waals surface area contributed by atoms with E-state index >= 15 is 0 Å². The fourth-order valence-electron chi connectivity index (χ4n) is 2.56. The Morgan fingerprint density at radius 1 is 1.25 bits per heavy atom. The summed E-state index contributed by atoms with van der Waals surface area (Å²) in [4.78, 5) is 0. The normalized spacial score (nSPS) is 30.6. The summed E-state index contributed by atoms with van der Waals surface area (Å²) >= 11 is 0. The standard InChI is InChI=1S/C13H27NO2/c1-3-5-12-6-8-13(10-14,9-7-12)16-11-15-4-2/h12H,3-11,14H2,1-2H3. The molecule has 3 heteroatoms. The molecule has 1 saturated carbocycles. The highest BCUT2D eigenvalue weighted by molar-refractivity contribution is 4.87. The van der Waals surface area contributed by atoms with Crippen LogP contribution in [0.3, 0.4) is 0 Å². The van der Waals surface area contributed by atoms with Crippen LogP contribution in [0.15, 0.2) is 0 Å². The first-order chi connectivity index (χ1) is 7.76. The molecule has 2 N–H and O–H groups in total. The second-order valence-corrected chi connectivity index (χ2v) is 4.87. The third kappa shape index (κ3) is 4.04. The van der Waals surface area contributed by atoms with E-state index in [1.165, 1.54) is 25.7 Å². The highest BCUT2D eigenvalue weighted by Gasteiger charge is 2.34. The maximum atomic E-state index is 5.86. The van der Waals surface area contributed by atoms with Gasteiger partial charge in [0.1, 0.15) is 6.79 Å². The molecule has 0 heterocycles. The van der Waals surface area contributed by atoms with Crippen molar-refractivity contribution in [2.45, 2.75) is 58.0 Å². The Labute approximate surface area is 99.7 Å². The number of nitrogens with two attached hydrogens (primary N) is 1. The molecule has 1 aliphatic rings.